The van der Waals surface area contributed by atoms with Crippen molar-refractivity contribution in [3.63, 3.8) is 0 Å². The number of fused-ring (bicyclic) bond motifs is 1. The molecular weight excluding hydrogens is 394 g/mol. The van der Waals surface area contributed by atoms with Crippen molar-refractivity contribution in [3.05, 3.63) is 88.4 Å². The van der Waals surface area contributed by atoms with Crippen LogP contribution in [0.1, 0.15) is 22.8 Å². The van der Waals surface area contributed by atoms with Crippen LogP contribution < -0.4 is 0 Å². The van der Waals surface area contributed by atoms with Gasteiger partial charge in [0.25, 0.3) is 0 Å². The van der Waals surface area contributed by atoms with E-state index in [4.69, 9.17) is 4.99 Å². The molecule has 0 fully saturated rings. The van der Waals surface area contributed by atoms with Crippen LogP contribution in [0.4, 0.5) is 5.69 Å². The van der Waals surface area contributed by atoms with E-state index in [1.807, 2.05) is 30.0 Å². The third-order valence-electron chi connectivity index (χ3n) is 4.19. The fourth-order valence-corrected chi connectivity index (χ4v) is 4.44. The predicted octanol–water partition coefficient (Wildman–Crippen LogP) is 6.51. The van der Waals surface area contributed by atoms with Crippen LogP contribution in [0.15, 0.2) is 87.2 Å². The lowest BCUT2D eigenvalue weighted by Crippen LogP contribution is -2.05. The summed E-state index contributed by atoms with van der Waals surface area (Å²) >= 11 is 5.36. The van der Waals surface area contributed by atoms with Gasteiger partial charge in [-0.1, -0.05) is 52.3 Å². The number of benzene rings is 3. The number of halogens is 1. The lowest BCUT2D eigenvalue weighted by atomic mass is 10.0. The van der Waals surface area contributed by atoms with Gasteiger partial charge in [-0.25, -0.2) is 0 Å². The molecule has 1 aliphatic heterocycles. The topological polar surface area (TPSA) is 32.6 Å². The number of phenolic OH excluding ortho intramolecular Hbond substituents is 1. The number of rotatable bonds is 2. The molecule has 4 rings (SSSR count). The second-order valence-corrected chi connectivity index (χ2v) is 8.10. The molecule has 1 N–H and O–H groups in total. The lowest BCUT2D eigenvalue weighted by molar-refractivity contribution is 0.475. The van der Waals surface area contributed by atoms with Crippen LogP contribution in [0.5, 0.6) is 5.75 Å². The van der Waals surface area contributed by atoms with Crippen molar-refractivity contribution >= 4 is 39.1 Å². The van der Waals surface area contributed by atoms with Gasteiger partial charge in [0.15, 0.2) is 0 Å². The van der Waals surface area contributed by atoms with Crippen molar-refractivity contribution < 1.29 is 5.11 Å². The molecule has 1 heterocycles. The lowest BCUT2D eigenvalue weighted by Gasteiger charge is -2.16. The maximum absolute atomic E-state index is 9.86. The molecule has 0 aromatic heterocycles. The zero-order valence-corrected chi connectivity index (χ0v) is 15.8. The maximum Gasteiger partial charge on any atom is 0.116 e. The van der Waals surface area contributed by atoms with Crippen LogP contribution in [-0.4, -0.2) is 10.8 Å². The average Bonchev–Trinajstić information content (AvgIpc) is 2.82. The monoisotopic (exact) mass is 409 g/mol. The molecule has 0 bridgehead atoms. The zero-order chi connectivity index (χ0) is 17.2. The highest BCUT2D eigenvalue weighted by Crippen LogP contribution is 2.45. The summed E-state index contributed by atoms with van der Waals surface area (Å²) in [5.41, 5.74) is 4.24. The van der Waals surface area contributed by atoms with Gasteiger partial charge < -0.3 is 5.11 Å². The maximum atomic E-state index is 9.86. The van der Waals surface area contributed by atoms with Gasteiger partial charge in [0, 0.05) is 26.8 Å². The van der Waals surface area contributed by atoms with Gasteiger partial charge in [-0.2, -0.15) is 0 Å². The smallest absolute Gasteiger partial charge is 0.116 e. The molecule has 0 amide bonds. The summed E-state index contributed by atoms with van der Waals surface area (Å²) in [5, 5.41) is 10.1. The Morgan fingerprint density at radius 3 is 2.56 bits per heavy atom. The highest BCUT2D eigenvalue weighted by Gasteiger charge is 2.22. The number of thioether (sulfide) groups is 1. The summed E-state index contributed by atoms with van der Waals surface area (Å²) in [5.74, 6) is 0.269. The second-order valence-electron chi connectivity index (χ2n) is 5.94. The Morgan fingerprint density at radius 2 is 1.76 bits per heavy atom. The van der Waals surface area contributed by atoms with E-state index in [1.54, 1.807) is 12.1 Å². The largest absolute Gasteiger partial charge is 0.508 e. The first kappa shape index (κ1) is 16.4. The summed E-state index contributed by atoms with van der Waals surface area (Å²) in [6.45, 7) is 0. The second kappa shape index (κ2) is 7.06. The van der Waals surface area contributed by atoms with Crippen molar-refractivity contribution in [2.45, 2.75) is 16.6 Å². The first-order valence-corrected chi connectivity index (χ1v) is 9.74. The summed E-state index contributed by atoms with van der Waals surface area (Å²) < 4.78 is 1.08. The highest BCUT2D eigenvalue weighted by molar-refractivity contribution is 9.10. The Labute approximate surface area is 159 Å². The number of aliphatic imine (C=N–C) groups is 1. The van der Waals surface area contributed by atoms with Crippen LogP contribution in [0.25, 0.3) is 0 Å². The van der Waals surface area contributed by atoms with E-state index >= 15 is 0 Å². The quantitative estimate of drug-likeness (QED) is 0.522. The molecule has 1 aliphatic rings. The number of nitrogens with zero attached hydrogens (tertiary/aromatic N) is 1. The normalized spacial score (nSPS) is 16.7. The Kier molecular flexibility index (Phi) is 4.64. The van der Waals surface area contributed by atoms with Gasteiger partial charge in [0.1, 0.15) is 5.75 Å². The first-order valence-electron chi connectivity index (χ1n) is 8.07. The fraction of sp³-hybridized carbons (Fsp3) is 0.0952. The van der Waals surface area contributed by atoms with E-state index in [-0.39, 0.29) is 11.0 Å². The first-order chi connectivity index (χ1) is 12.2. The zero-order valence-electron chi connectivity index (χ0n) is 13.4. The van der Waals surface area contributed by atoms with Crippen LogP contribution in [-0.2, 0) is 0 Å². The number of phenols is 1. The van der Waals surface area contributed by atoms with Crippen LogP contribution in [0, 0.1) is 0 Å². The molecule has 0 aliphatic carbocycles. The van der Waals surface area contributed by atoms with Crippen LogP contribution in [0.2, 0.25) is 0 Å². The van der Waals surface area contributed by atoms with Gasteiger partial charge >= 0.3 is 0 Å². The molecule has 0 spiro atoms. The SMILES string of the molecule is Oc1cccc(C2=Nc3ccccc3SC(c3ccc(Br)cc3)C2)c1. The minimum Gasteiger partial charge on any atom is -0.508 e. The molecule has 0 radical (unpaired) electrons. The van der Waals surface area contributed by atoms with Crippen LogP contribution in [0.3, 0.4) is 0 Å². The summed E-state index contributed by atoms with van der Waals surface area (Å²) in [7, 11) is 0. The summed E-state index contributed by atoms with van der Waals surface area (Å²) in [6.07, 6.45) is 0.810. The van der Waals surface area contributed by atoms with Crippen molar-refractivity contribution in [1.29, 1.82) is 0 Å². The van der Waals surface area contributed by atoms with Gasteiger partial charge in [-0.15, -0.1) is 11.8 Å². The summed E-state index contributed by atoms with van der Waals surface area (Å²) in [6, 6.07) is 24.1. The van der Waals surface area contributed by atoms with Crippen molar-refractivity contribution in [1.82, 2.24) is 0 Å². The molecule has 124 valence electrons. The Balaban J connectivity index is 1.80. The van der Waals surface area contributed by atoms with Crippen molar-refractivity contribution in [2.75, 3.05) is 0 Å². The van der Waals surface area contributed by atoms with E-state index in [0.29, 0.717) is 0 Å². The Hall–Kier alpha value is -2.04. The van der Waals surface area contributed by atoms with Crippen molar-refractivity contribution in [2.24, 2.45) is 4.99 Å². The fourth-order valence-electron chi connectivity index (χ4n) is 2.94. The van der Waals surface area contributed by atoms with Gasteiger partial charge in [-0.05, 0) is 47.5 Å². The molecule has 1 unspecified atom stereocenters. The van der Waals surface area contributed by atoms with E-state index in [0.717, 1.165) is 27.9 Å². The summed E-state index contributed by atoms with van der Waals surface area (Å²) in [4.78, 5) is 6.10. The minimum atomic E-state index is 0.269. The molecule has 3 aromatic carbocycles. The number of aromatic hydroxyl groups is 1. The molecule has 0 saturated heterocycles. The molecule has 1 atom stereocenters. The van der Waals surface area contributed by atoms with Gasteiger partial charge in [0.2, 0.25) is 0 Å². The molecule has 0 saturated carbocycles. The number of para-hydroxylation sites is 1. The molecular formula is C21H16BrNOS. The highest BCUT2D eigenvalue weighted by atomic mass is 79.9. The van der Waals surface area contributed by atoms with E-state index in [2.05, 4.69) is 58.4 Å². The van der Waals surface area contributed by atoms with Gasteiger partial charge in [-0.3, -0.25) is 4.99 Å². The number of hydrogen-bond donors (Lipinski definition) is 1. The number of hydrogen-bond acceptors (Lipinski definition) is 3. The average molecular weight is 410 g/mol. The van der Waals surface area contributed by atoms with E-state index in [1.165, 1.54) is 10.5 Å². The molecule has 4 heteroatoms. The predicted molar refractivity (Wildman–Crippen MR) is 108 cm³/mol. The third-order valence-corrected chi connectivity index (χ3v) is 6.04. The minimum absolute atomic E-state index is 0.269. The molecule has 2 nitrogen and oxygen atoms in total. The Morgan fingerprint density at radius 1 is 0.960 bits per heavy atom. The molecule has 25 heavy (non-hydrogen) atoms. The van der Waals surface area contributed by atoms with E-state index in [9.17, 15) is 5.11 Å². The van der Waals surface area contributed by atoms with Gasteiger partial charge in [0.05, 0.1) is 5.69 Å². The standard InChI is InChI=1S/C21H16BrNOS/c22-16-10-8-14(9-11-16)21-13-19(15-4-3-5-17(24)12-15)23-18-6-1-2-7-20(18)25-21/h1-12,21,24H,13H2. The third kappa shape index (κ3) is 3.65. The van der Waals surface area contributed by atoms with Crippen LogP contribution >= 0.6 is 27.7 Å². The van der Waals surface area contributed by atoms with E-state index < -0.39 is 0 Å². The molecule has 3 aromatic rings. The Bertz CT molecular complexity index is 937. The van der Waals surface area contributed by atoms with Crippen molar-refractivity contribution in [3.8, 4) is 5.75 Å².